The first-order chi connectivity index (χ1) is 10.2. The molecule has 22 heavy (non-hydrogen) atoms. The second-order valence-corrected chi connectivity index (χ2v) is 6.47. The summed E-state index contributed by atoms with van der Waals surface area (Å²) in [5, 5.41) is 0. The van der Waals surface area contributed by atoms with E-state index >= 15 is 0 Å². The minimum atomic E-state index is -0.866. The van der Waals surface area contributed by atoms with Gasteiger partial charge in [0.1, 0.15) is 5.69 Å². The predicted molar refractivity (Wildman–Crippen MR) is 79.6 cm³/mol. The summed E-state index contributed by atoms with van der Waals surface area (Å²) in [6.07, 6.45) is 0.634. The molecule has 0 aliphatic rings. The molecule has 0 spiro atoms. The quantitative estimate of drug-likeness (QED) is 0.634. The van der Waals surface area contributed by atoms with Crippen LogP contribution < -0.4 is 0 Å². The number of halogens is 2. The van der Waals surface area contributed by atoms with Gasteiger partial charge in [0.25, 0.3) is 0 Å². The van der Waals surface area contributed by atoms with Crippen LogP contribution in [0, 0.1) is 17.3 Å². The van der Waals surface area contributed by atoms with Gasteiger partial charge in [0, 0.05) is 18.5 Å². The summed E-state index contributed by atoms with van der Waals surface area (Å²) in [6.45, 7) is 5.95. The molecule has 2 rings (SSSR count). The fourth-order valence-corrected chi connectivity index (χ4v) is 2.13. The van der Waals surface area contributed by atoms with E-state index in [9.17, 15) is 13.6 Å². The molecule has 0 atom stereocenters. The lowest BCUT2D eigenvalue weighted by molar-refractivity contribution is 0.0934. The van der Waals surface area contributed by atoms with Gasteiger partial charge in [0.15, 0.2) is 5.78 Å². The van der Waals surface area contributed by atoms with Crippen LogP contribution in [0.25, 0.3) is 0 Å². The number of carbonyl (C=O) groups excluding carboxylic acids is 1. The Morgan fingerprint density at radius 1 is 1.09 bits per heavy atom. The fraction of sp³-hybridized carbons (Fsp3) is 0.353. The van der Waals surface area contributed by atoms with E-state index in [4.69, 9.17) is 0 Å². The van der Waals surface area contributed by atoms with Gasteiger partial charge in [0.05, 0.1) is 0 Å². The highest BCUT2D eigenvalue weighted by molar-refractivity contribution is 5.94. The van der Waals surface area contributed by atoms with Crippen molar-refractivity contribution in [2.24, 2.45) is 5.41 Å². The van der Waals surface area contributed by atoms with Gasteiger partial charge in [-0.2, -0.15) is 13.8 Å². The van der Waals surface area contributed by atoms with E-state index in [2.05, 4.69) is 9.97 Å². The molecule has 0 aromatic carbocycles. The van der Waals surface area contributed by atoms with E-state index in [1.54, 1.807) is 18.2 Å². The van der Waals surface area contributed by atoms with Crippen LogP contribution in [0.15, 0.2) is 30.3 Å². The summed E-state index contributed by atoms with van der Waals surface area (Å²) >= 11 is 0. The van der Waals surface area contributed by atoms with Crippen LogP contribution >= 0.6 is 0 Å². The highest BCUT2D eigenvalue weighted by Crippen LogP contribution is 2.21. The van der Waals surface area contributed by atoms with Gasteiger partial charge >= 0.3 is 0 Å². The number of rotatable bonds is 4. The number of hydrogen-bond donors (Lipinski definition) is 0. The summed E-state index contributed by atoms with van der Waals surface area (Å²) in [5.74, 6) is -1.77. The number of nitrogens with zero attached hydrogens (tertiary/aromatic N) is 2. The minimum Gasteiger partial charge on any atom is -0.292 e. The van der Waals surface area contributed by atoms with Crippen molar-refractivity contribution in [2.45, 2.75) is 33.6 Å². The topological polar surface area (TPSA) is 42.9 Å². The smallest absolute Gasteiger partial charge is 0.215 e. The SMILES string of the molecule is CC(C)(C)CC(=O)c1cccc(Cc2cc(F)nc(F)c2)n1. The molecule has 0 saturated heterocycles. The van der Waals surface area contributed by atoms with Gasteiger partial charge < -0.3 is 0 Å². The highest BCUT2D eigenvalue weighted by atomic mass is 19.1. The van der Waals surface area contributed by atoms with Crippen molar-refractivity contribution in [2.75, 3.05) is 0 Å². The first-order valence-electron chi connectivity index (χ1n) is 7.04. The highest BCUT2D eigenvalue weighted by Gasteiger charge is 2.18. The van der Waals surface area contributed by atoms with Crippen LogP contribution in [0.5, 0.6) is 0 Å². The lowest BCUT2D eigenvalue weighted by atomic mass is 9.89. The van der Waals surface area contributed by atoms with Gasteiger partial charge in [-0.05, 0) is 35.2 Å². The normalized spacial score (nSPS) is 11.5. The average molecular weight is 304 g/mol. The van der Waals surface area contributed by atoms with Crippen LogP contribution in [0.3, 0.4) is 0 Å². The van der Waals surface area contributed by atoms with E-state index in [1.807, 2.05) is 20.8 Å². The monoisotopic (exact) mass is 304 g/mol. The van der Waals surface area contributed by atoms with Crippen molar-refractivity contribution in [3.05, 3.63) is 59.2 Å². The Hall–Kier alpha value is -2.17. The Bertz CT molecular complexity index is 673. The van der Waals surface area contributed by atoms with Gasteiger partial charge in [0.2, 0.25) is 11.9 Å². The van der Waals surface area contributed by atoms with Crippen LogP contribution in [-0.4, -0.2) is 15.8 Å². The molecular formula is C17H18F2N2O. The zero-order valence-electron chi connectivity index (χ0n) is 12.9. The second kappa shape index (κ2) is 6.30. The molecule has 0 N–H and O–H groups in total. The molecular weight excluding hydrogens is 286 g/mol. The number of Topliss-reactive ketones (excluding diaryl/α,β-unsaturated/α-hetero) is 1. The molecule has 2 aromatic heterocycles. The summed E-state index contributed by atoms with van der Waals surface area (Å²) in [7, 11) is 0. The van der Waals surface area contributed by atoms with Gasteiger partial charge in [-0.3, -0.25) is 4.79 Å². The van der Waals surface area contributed by atoms with Gasteiger partial charge in [-0.1, -0.05) is 26.8 Å². The molecule has 116 valence electrons. The summed E-state index contributed by atoms with van der Waals surface area (Å²) in [5.41, 5.74) is 1.27. The lowest BCUT2D eigenvalue weighted by Crippen LogP contribution is -2.14. The molecule has 2 aromatic rings. The van der Waals surface area contributed by atoms with Crippen molar-refractivity contribution in [1.82, 2.24) is 9.97 Å². The third kappa shape index (κ3) is 4.69. The average Bonchev–Trinajstić information content (AvgIpc) is 2.35. The Labute approximate surface area is 128 Å². The van der Waals surface area contributed by atoms with Crippen LogP contribution in [0.2, 0.25) is 0 Å². The number of pyridine rings is 2. The fourth-order valence-electron chi connectivity index (χ4n) is 2.13. The van der Waals surface area contributed by atoms with Gasteiger partial charge in [-0.15, -0.1) is 0 Å². The summed E-state index contributed by atoms with van der Waals surface area (Å²) in [4.78, 5) is 19.5. The Balaban J connectivity index is 2.19. The van der Waals surface area contributed by atoms with Crippen LogP contribution in [0.4, 0.5) is 8.78 Å². The molecule has 2 heterocycles. The zero-order chi connectivity index (χ0) is 16.3. The molecule has 0 bridgehead atoms. The third-order valence-corrected chi connectivity index (χ3v) is 2.99. The molecule has 5 heteroatoms. The van der Waals surface area contributed by atoms with E-state index in [0.717, 1.165) is 12.1 Å². The second-order valence-electron chi connectivity index (χ2n) is 6.47. The van der Waals surface area contributed by atoms with E-state index in [-0.39, 0.29) is 17.6 Å². The molecule has 0 unspecified atom stereocenters. The molecule has 0 amide bonds. The molecule has 3 nitrogen and oxygen atoms in total. The van der Waals surface area contributed by atoms with Crippen LogP contribution in [0.1, 0.15) is 48.9 Å². The van der Waals surface area contributed by atoms with Crippen molar-refractivity contribution in [1.29, 1.82) is 0 Å². The summed E-state index contributed by atoms with van der Waals surface area (Å²) in [6, 6.07) is 7.43. The van der Waals surface area contributed by atoms with Crippen molar-refractivity contribution in [3.63, 3.8) is 0 Å². The van der Waals surface area contributed by atoms with E-state index in [0.29, 0.717) is 23.4 Å². The number of aromatic nitrogens is 2. The van der Waals surface area contributed by atoms with Crippen molar-refractivity contribution >= 4 is 5.78 Å². The maximum absolute atomic E-state index is 13.1. The Morgan fingerprint density at radius 3 is 2.32 bits per heavy atom. The first kappa shape index (κ1) is 16.2. The van der Waals surface area contributed by atoms with E-state index < -0.39 is 11.9 Å². The lowest BCUT2D eigenvalue weighted by Gasteiger charge is -2.16. The number of ketones is 1. The zero-order valence-corrected chi connectivity index (χ0v) is 12.9. The maximum Gasteiger partial charge on any atom is 0.215 e. The standard InChI is InChI=1S/C17H18F2N2O/c1-17(2,3)10-14(22)13-6-4-5-12(20-13)7-11-8-15(18)21-16(19)9-11/h4-6,8-9H,7,10H2,1-3H3. The van der Waals surface area contributed by atoms with Crippen molar-refractivity contribution in [3.8, 4) is 0 Å². The Morgan fingerprint density at radius 2 is 1.73 bits per heavy atom. The van der Waals surface area contributed by atoms with Gasteiger partial charge in [-0.25, -0.2) is 4.98 Å². The van der Waals surface area contributed by atoms with Crippen LogP contribution in [-0.2, 0) is 6.42 Å². The third-order valence-electron chi connectivity index (χ3n) is 2.99. The predicted octanol–water partition coefficient (Wildman–Crippen LogP) is 3.96. The van der Waals surface area contributed by atoms with Crippen molar-refractivity contribution < 1.29 is 13.6 Å². The molecule has 0 radical (unpaired) electrons. The molecule has 0 saturated carbocycles. The summed E-state index contributed by atoms with van der Waals surface area (Å²) < 4.78 is 26.2. The molecule has 0 aliphatic heterocycles. The number of carbonyl (C=O) groups is 1. The largest absolute Gasteiger partial charge is 0.292 e. The van der Waals surface area contributed by atoms with E-state index in [1.165, 1.54) is 0 Å². The molecule has 0 fully saturated rings. The minimum absolute atomic E-state index is 0.0403. The Kier molecular flexibility index (Phi) is 4.64. The molecule has 0 aliphatic carbocycles. The number of hydrogen-bond acceptors (Lipinski definition) is 3. The maximum atomic E-state index is 13.1. The first-order valence-corrected chi connectivity index (χ1v) is 7.04.